The van der Waals surface area contributed by atoms with E-state index in [2.05, 4.69) is 31.9 Å². The van der Waals surface area contributed by atoms with Crippen LogP contribution in [0.25, 0.3) is 0 Å². The number of Topliss-reactive ketones (excluding diaryl/α,β-unsaturated/α-hetero) is 1. The van der Waals surface area contributed by atoms with E-state index in [4.69, 9.17) is 11.6 Å². The lowest BCUT2D eigenvalue weighted by atomic mass is 10.1. The molecule has 0 fully saturated rings. The Morgan fingerprint density at radius 3 is 2.71 bits per heavy atom. The van der Waals surface area contributed by atoms with Crippen molar-refractivity contribution < 1.29 is 4.79 Å². The number of rotatable bonds is 4. The van der Waals surface area contributed by atoms with Gasteiger partial charge in [-0.3, -0.25) is 4.79 Å². The molecule has 0 N–H and O–H groups in total. The first-order chi connectivity index (χ1) is 6.67. The second-order valence-corrected chi connectivity index (χ2v) is 4.59. The predicted molar refractivity (Wildman–Crippen MR) is 66.2 cm³/mol. The molecule has 0 aromatic heterocycles. The number of hydrogen-bond donors (Lipinski definition) is 0. The molecule has 0 aliphatic rings. The third kappa shape index (κ3) is 3.37. The SMILES string of the molecule is O=C(CBr)Cc1ccc(Br)c(CCl)c1. The maximum absolute atomic E-state index is 11.2. The van der Waals surface area contributed by atoms with Crippen LogP contribution in [-0.2, 0) is 17.1 Å². The third-order valence-electron chi connectivity index (χ3n) is 1.80. The Hall–Kier alpha value is 0.140. The number of ketones is 1. The zero-order chi connectivity index (χ0) is 10.6. The van der Waals surface area contributed by atoms with Gasteiger partial charge in [0.2, 0.25) is 0 Å². The van der Waals surface area contributed by atoms with Crippen LogP contribution in [0.2, 0.25) is 0 Å². The maximum Gasteiger partial charge on any atom is 0.147 e. The summed E-state index contributed by atoms with van der Waals surface area (Å²) in [5, 5.41) is 0.402. The summed E-state index contributed by atoms with van der Waals surface area (Å²) in [6.07, 6.45) is 0.461. The molecule has 0 unspecified atom stereocenters. The molecule has 4 heteroatoms. The Morgan fingerprint density at radius 2 is 2.14 bits per heavy atom. The van der Waals surface area contributed by atoms with Crippen molar-refractivity contribution in [3.8, 4) is 0 Å². The second-order valence-electron chi connectivity index (χ2n) is 2.91. The van der Waals surface area contributed by atoms with Crippen LogP contribution in [0.4, 0.5) is 0 Å². The highest BCUT2D eigenvalue weighted by molar-refractivity contribution is 9.10. The Labute approximate surface area is 105 Å². The molecule has 1 rings (SSSR count). The van der Waals surface area contributed by atoms with Crippen molar-refractivity contribution in [2.24, 2.45) is 0 Å². The largest absolute Gasteiger partial charge is 0.298 e. The molecular formula is C10H9Br2ClO. The highest BCUT2D eigenvalue weighted by Gasteiger charge is 2.04. The van der Waals surface area contributed by atoms with E-state index in [1.807, 2.05) is 18.2 Å². The van der Waals surface area contributed by atoms with E-state index in [1.165, 1.54) is 0 Å². The zero-order valence-corrected chi connectivity index (χ0v) is 11.3. The molecule has 0 spiro atoms. The number of hydrogen-bond acceptors (Lipinski definition) is 1. The Bertz CT molecular complexity index is 339. The monoisotopic (exact) mass is 338 g/mol. The minimum absolute atomic E-state index is 0.174. The molecule has 76 valence electrons. The summed E-state index contributed by atoms with van der Waals surface area (Å²) in [5.74, 6) is 0.629. The minimum Gasteiger partial charge on any atom is -0.298 e. The summed E-state index contributed by atoms with van der Waals surface area (Å²) in [5.41, 5.74) is 2.03. The van der Waals surface area contributed by atoms with Gasteiger partial charge in [0, 0.05) is 16.8 Å². The molecule has 14 heavy (non-hydrogen) atoms. The number of carbonyl (C=O) groups excluding carboxylic acids is 1. The van der Waals surface area contributed by atoms with E-state index in [0.717, 1.165) is 15.6 Å². The highest BCUT2D eigenvalue weighted by Crippen LogP contribution is 2.20. The summed E-state index contributed by atoms with van der Waals surface area (Å²) >= 11 is 12.3. The number of halogens is 3. The smallest absolute Gasteiger partial charge is 0.147 e. The van der Waals surface area contributed by atoms with Gasteiger partial charge in [-0.2, -0.15) is 0 Å². The molecule has 0 amide bonds. The van der Waals surface area contributed by atoms with E-state index in [0.29, 0.717) is 17.6 Å². The first kappa shape index (κ1) is 12.2. The number of carbonyl (C=O) groups is 1. The fraction of sp³-hybridized carbons (Fsp3) is 0.300. The summed E-state index contributed by atoms with van der Waals surface area (Å²) < 4.78 is 0.988. The Balaban J connectivity index is 2.84. The average molecular weight is 340 g/mol. The van der Waals surface area contributed by atoms with Crippen molar-refractivity contribution in [3.05, 3.63) is 33.8 Å². The van der Waals surface area contributed by atoms with Gasteiger partial charge in [0.05, 0.1) is 5.33 Å². The first-order valence-electron chi connectivity index (χ1n) is 4.08. The van der Waals surface area contributed by atoms with Gasteiger partial charge in [0.25, 0.3) is 0 Å². The van der Waals surface area contributed by atoms with Crippen LogP contribution in [-0.4, -0.2) is 11.1 Å². The van der Waals surface area contributed by atoms with Gasteiger partial charge in [0.1, 0.15) is 5.78 Å². The fourth-order valence-electron chi connectivity index (χ4n) is 1.12. The summed E-state index contributed by atoms with van der Waals surface area (Å²) in [6, 6.07) is 5.81. The quantitative estimate of drug-likeness (QED) is 0.764. The summed E-state index contributed by atoms with van der Waals surface area (Å²) in [4.78, 5) is 11.2. The highest BCUT2D eigenvalue weighted by atomic mass is 79.9. The number of alkyl halides is 2. The molecule has 0 saturated heterocycles. The van der Waals surface area contributed by atoms with Crippen LogP contribution < -0.4 is 0 Å². The van der Waals surface area contributed by atoms with Crippen LogP contribution in [0.3, 0.4) is 0 Å². The lowest BCUT2D eigenvalue weighted by Crippen LogP contribution is -2.03. The molecule has 0 heterocycles. The van der Waals surface area contributed by atoms with E-state index >= 15 is 0 Å². The van der Waals surface area contributed by atoms with Gasteiger partial charge in [-0.05, 0) is 17.2 Å². The lowest BCUT2D eigenvalue weighted by Gasteiger charge is -2.03. The molecular weight excluding hydrogens is 331 g/mol. The van der Waals surface area contributed by atoms with Crippen molar-refractivity contribution in [1.29, 1.82) is 0 Å². The van der Waals surface area contributed by atoms with Crippen LogP contribution in [0, 0.1) is 0 Å². The molecule has 0 aliphatic carbocycles. The molecule has 0 radical (unpaired) electrons. The van der Waals surface area contributed by atoms with E-state index < -0.39 is 0 Å². The molecule has 1 aromatic carbocycles. The topological polar surface area (TPSA) is 17.1 Å². The van der Waals surface area contributed by atoms with Gasteiger partial charge in [-0.15, -0.1) is 11.6 Å². The Kier molecular flexibility index (Phi) is 5.13. The van der Waals surface area contributed by atoms with Crippen molar-refractivity contribution in [1.82, 2.24) is 0 Å². The average Bonchev–Trinajstić information content (AvgIpc) is 2.20. The molecule has 1 nitrogen and oxygen atoms in total. The lowest BCUT2D eigenvalue weighted by molar-refractivity contribution is -0.115. The van der Waals surface area contributed by atoms with E-state index in [1.54, 1.807) is 0 Å². The van der Waals surface area contributed by atoms with Crippen molar-refractivity contribution >= 4 is 49.2 Å². The molecule has 0 aliphatic heterocycles. The van der Waals surface area contributed by atoms with E-state index in [9.17, 15) is 4.79 Å². The standard InChI is InChI=1S/C10H9Br2ClO/c11-5-9(14)4-7-1-2-10(12)8(3-7)6-13/h1-3H,4-6H2. The van der Waals surface area contributed by atoms with Gasteiger partial charge in [0.15, 0.2) is 0 Å². The predicted octanol–water partition coefficient (Wildman–Crippen LogP) is 3.69. The van der Waals surface area contributed by atoms with Crippen LogP contribution in [0.5, 0.6) is 0 Å². The zero-order valence-electron chi connectivity index (χ0n) is 7.40. The van der Waals surface area contributed by atoms with Crippen LogP contribution in [0.15, 0.2) is 22.7 Å². The Morgan fingerprint density at radius 1 is 1.43 bits per heavy atom. The third-order valence-corrected chi connectivity index (χ3v) is 3.49. The van der Waals surface area contributed by atoms with Gasteiger partial charge < -0.3 is 0 Å². The molecule has 0 bridgehead atoms. The minimum atomic E-state index is 0.174. The fourth-order valence-corrected chi connectivity index (χ4v) is 2.08. The van der Waals surface area contributed by atoms with Crippen LogP contribution in [0.1, 0.15) is 11.1 Å². The summed E-state index contributed by atoms with van der Waals surface area (Å²) in [7, 11) is 0. The van der Waals surface area contributed by atoms with Crippen LogP contribution >= 0.6 is 43.5 Å². The second kappa shape index (κ2) is 5.89. The van der Waals surface area contributed by atoms with Gasteiger partial charge >= 0.3 is 0 Å². The van der Waals surface area contributed by atoms with Crippen molar-refractivity contribution in [2.45, 2.75) is 12.3 Å². The molecule has 1 aromatic rings. The maximum atomic E-state index is 11.2. The van der Waals surface area contributed by atoms with E-state index in [-0.39, 0.29) is 5.78 Å². The first-order valence-corrected chi connectivity index (χ1v) is 6.53. The van der Waals surface area contributed by atoms with Crippen molar-refractivity contribution in [2.75, 3.05) is 5.33 Å². The number of benzene rings is 1. The molecule has 0 atom stereocenters. The molecule has 0 saturated carbocycles. The normalized spacial score (nSPS) is 10.2. The van der Waals surface area contributed by atoms with Gasteiger partial charge in [-0.1, -0.05) is 44.0 Å². The summed E-state index contributed by atoms with van der Waals surface area (Å²) in [6.45, 7) is 0. The van der Waals surface area contributed by atoms with Gasteiger partial charge in [-0.25, -0.2) is 0 Å². The van der Waals surface area contributed by atoms with Crippen molar-refractivity contribution in [3.63, 3.8) is 0 Å².